The third-order valence-electron chi connectivity index (χ3n) is 2.77. The molecule has 0 spiro atoms. The Morgan fingerprint density at radius 3 is 2.50 bits per heavy atom. The number of amides is 1. The highest BCUT2D eigenvalue weighted by atomic mass is 19.4. The first kappa shape index (κ1) is 16.4. The quantitative estimate of drug-likeness (QED) is 0.781. The van der Waals surface area contributed by atoms with Crippen LogP contribution >= 0.6 is 0 Å². The number of hydrogen-bond donors (Lipinski definition) is 0. The summed E-state index contributed by atoms with van der Waals surface area (Å²) < 4.78 is 56.4. The molecular formula is C13H15F4NO2. The van der Waals surface area contributed by atoms with E-state index in [0.717, 1.165) is 12.1 Å². The smallest absolute Gasteiger partial charge is 0.383 e. The Kier molecular flexibility index (Phi) is 5.50. The Morgan fingerprint density at radius 2 is 2.00 bits per heavy atom. The minimum Gasteiger partial charge on any atom is -0.383 e. The third-order valence-corrected chi connectivity index (χ3v) is 2.77. The van der Waals surface area contributed by atoms with Gasteiger partial charge in [-0.3, -0.25) is 4.79 Å². The van der Waals surface area contributed by atoms with Crippen molar-refractivity contribution in [2.24, 2.45) is 0 Å². The second-order valence-electron chi connectivity index (χ2n) is 4.04. The summed E-state index contributed by atoms with van der Waals surface area (Å²) in [5, 5.41) is 0. The second kappa shape index (κ2) is 6.69. The number of carbonyl (C=O) groups is 1. The van der Waals surface area contributed by atoms with E-state index in [9.17, 15) is 22.4 Å². The molecule has 0 aliphatic rings. The lowest BCUT2D eigenvalue weighted by atomic mass is 10.1. The van der Waals surface area contributed by atoms with Gasteiger partial charge in [0, 0.05) is 20.2 Å². The van der Waals surface area contributed by atoms with Crippen molar-refractivity contribution in [3.8, 4) is 0 Å². The maximum absolute atomic E-state index is 13.8. The van der Waals surface area contributed by atoms with Crippen LogP contribution < -0.4 is 0 Å². The number of nitrogens with zero attached hydrogens (tertiary/aromatic N) is 1. The highest BCUT2D eigenvalue weighted by Gasteiger charge is 2.36. The molecule has 1 amide bonds. The van der Waals surface area contributed by atoms with Gasteiger partial charge in [0.05, 0.1) is 17.7 Å². The highest BCUT2D eigenvalue weighted by Crippen LogP contribution is 2.32. The maximum atomic E-state index is 13.8. The van der Waals surface area contributed by atoms with Crippen molar-refractivity contribution in [3.05, 3.63) is 35.1 Å². The van der Waals surface area contributed by atoms with Crippen molar-refractivity contribution < 1.29 is 27.1 Å². The number of hydrogen-bond acceptors (Lipinski definition) is 2. The third kappa shape index (κ3) is 3.69. The molecule has 0 heterocycles. The first-order chi connectivity index (χ1) is 9.32. The number of rotatable bonds is 5. The lowest BCUT2D eigenvalue weighted by molar-refractivity contribution is -0.140. The molecule has 0 radical (unpaired) electrons. The van der Waals surface area contributed by atoms with E-state index in [1.54, 1.807) is 6.92 Å². The van der Waals surface area contributed by atoms with Gasteiger partial charge in [0.15, 0.2) is 0 Å². The molecule has 20 heavy (non-hydrogen) atoms. The Hall–Kier alpha value is -1.63. The van der Waals surface area contributed by atoms with E-state index in [1.165, 1.54) is 12.0 Å². The minimum absolute atomic E-state index is 0.182. The van der Waals surface area contributed by atoms with Crippen LogP contribution in [0.1, 0.15) is 22.8 Å². The number of methoxy groups -OCH3 is 1. The van der Waals surface area contributed by atoms with Crippen LogP contribution in [0.2, 0.25) is 0 Å². The first-order valence-corrected chi connectivity index (χ1v) is 5.96. The average molecular weight is 293 g/mol. The molecule has 0 saturated carbocycles. The molecule has 0 N–H and O–H groups in total. The zero-order valence-electron chi connectivity index (χ0n) is 11.1. The molecule has 1 aromatic carbocycles. The number of ether oxygens (including phenoxy) is 1. The molecular weight excluding hydrogens is 278 g/mol. The molecule has 0 saturated heterocycles. The van der Waals surface area contributed by atoms with Gasteiger partial charge in [-0.05, 0) is 19.1 Å². The monoisotopic (exact) mass is 293 g/mol. The predicted octanol–water partition coefficient (Wildman–Crippen LogP) is 2.95. The summed E-state index contributed by atoms with van der Waals surface area (Å²) in [7, 11) is 1.43. The van der Waals surface area contributed by atoms with Gasteiger partial charge in [0.1, 0.15) is 5.82 Å². The first-order valence-electron chi connectivity index (χ1n) is 5.96. The minimum atomic E-state index is -4.83. The number of halogens is 4. The van der Waals surface area contributed by atoms with E-state index in [1.807, 2.05) is 0 Å². The van der Waals surface area contributed by atoms with E-state index in [4.69, 9.17) is 4.74 Å². The molecule has 112 valence electrons. The summed E-state index contributed by atoms with van der Waals surface area (Å²) >= 11 is 0. The normalized spacial score (nSPS) is 11.5. The Balaban J connectivity index is 3.10. The summed E-state index contributed by atoms with van der Waals surface area (Å²) in [4.78, 5) is 13.3. The number of carbonyl (C=O) groups excluding carboxylic acids is 1. The molecule has 3 nitrogen and oxygen atoms in total. The van der Waals surface area contributed by atoms with Gasteiger partial charge in [-0.1, -0.05) is 6.07 Å². The molecule has 0 aliphatic heterocycles. The van der Waals surface area contributed by atoms with E-state index >= 15 is 0 Å². The number of alkyl halides is 3. The van der Waals surface area contributed by atoms with Crippen molar-refractivity contribution in [3.63, 3.8) is 0 Å². The van der Waals surface area contributed by atoms with Crippen molar-refractivity contribution in [1.29, 1.82) is 0 Å². The van der Waals surface area contributed by atoms with Crippen molar-refractivity contribution >= 4 is 5.91 Å². The van der Waals surface area contributed by atoms with Crippen LogP contribution in [-0.4, -0.2) is 37.6 Å². The summed E-state index contributed by atoms with van der Waals surface area (Å²) in [5.41, 5.74) is -2.02. The van der Waals surface area contributed by atoms with Crippen LogP contribution in [0.3, 0.4) is 0 Å². The molecule has 1 aromatic rings. The van der Waals surface area contributed by atoms with Crippen LogP contribution in [0.25, 0.3) is 0 Å². The Morgan fingerprint density at radius 1 is 1.35 bits per heavy atom. The molecule has 0 unspecified atom stereocenters. The predicted molar refractivity (Wildman–Crippen MR) is 64.9 cm³/mol. The van der Waals surface area contributed by atoms with Crippen LogP contribution in [0.5, 0.6) is 0 Å². The van der Waals surface area contributed by atoms with E-state index in [2.05, 4.69) is 0 Å². The zero-order valence-corrected chi connectivity index (χ0v) is 11.1. The molecule has 0 fully saturated rings. The molecule has 0 aromatic heterocycles. The second-order valence-corrected chi connectivity index (χ2v) is 4.04. The fourth-order valence-corrected chi connectivity index (χ4v) is 1.69. The molecule has 0 bridgehead atoms. The van der Waals surface area contributed by atoms with Gasteiger partial charge in [0.25, 0.3) is 5.91 Å². The summed E-state index contributed by atoms with van der Waals surface area (Å²) in [6, 6.07) is 2.67. The summed E-state index contributed by atoms with van der Waals surface area (Å²) in [6.07, 6.45) is -4.83. The molecule has 7 heteroatoms. The van der Waals surface area contributed by atoms with Crippen molar-refractivity contribution in [2.45, 2.75) is 13.1 Å². The van der Waals surface area contributed by atoms with Crippen LogP contribution in [0.15, 0.2) is 18.2 Å². The molecule has 0 atom stereocenters. The van der Waals surface area contributed by atoms with Gasteiger partial charge in [-0.15, -0.1) is 0 Å². The highest BCUT2D eigenvalue weighted by molar-refractivity contribution is 5.94. The van der Waals surface area contributed by atoms with Gasteiger partial charge in [-0.25, -0.2) is 4.39 Å². The van der Waals surface area contributed by atoms with Crippen molar-refractivity contribution in [1.82, 2.24) is 4.90 Å². The summed E-state index contributed by atoms with van der Waals surface area (Å²) in [5.74, 6) is -2.32. The topological polar surface area (TPSA) is 29.5 Å². The van der Waals surface area contributed by atoms with Crippen LogP contribution in [-0.2, 0) is 10.9 Å². The van der Waals surface area contributed by atoms with Crippen molar-refractivity contribution in [2.75, 3.05) is 26.8 Å². The molecule has 1 rings (SSSR count). The van der Waals surface area contributed by atoms with Gasteiger partial charge in [0.2, 0.25) is 0 Å². The SMILES string of the molecule is CCN(CCOC)C(=O)c1cccc(C(F)(F)F)c1F. The molecule has 0 aliphatic carbocycles. The average Bonchev–Trinajstić information content (AvgIpc) is 2.38. The Bertz CT molecular complexity index is 474. The standard InChI is InChI=1S/C13H15F4NO2/c1-3-18(7-8-20-2)12(19)9-5-4-6-10(11(9)14)13(15,16)17/h4-6H,3,7-8H2,1-2H3. The summed E-state index contributed by atoms with van der Waals surface area (Å²) in [6.45, 7) is 2.30. The lowest BCUT2D eigenvalue weighted by Gasteiger charge is -2.21. The van der Waals surface area contributed by atoms with E-state index in [0.29, 0.717) is 6.07 Å². The van der Waals surface area contributed by atoms with Gasteiger partial charge >= 0.3 is 6.18 Å². The maximum Gasteiger partial charge on any atom is 0.419 e. The zero-order chi connectivity index (χ0) is 15.3. The van der Waals surface area contributed by atoms with Gasteiger partial charge in [-0.2, -0.15) is 13.2 Å². The van der Waals surface area contributed by atoms with E-state index < -0.39 is 29.0 Å². The number of likely N-dealkylation sites (N-methyl/N-ethyl adjacent to an activating group) is 1. The van der Waals surface area contributed by atoms with Crippen LogP contribution in [0.4, 0.5) is 17.6 Å². The van der Waals surface area contributed by atoms with E-state index in [-0.39, 0.29) is 19.7 Å². The fourth-order valence-electron chi connectivity index (χ4n) is 1.69. The van der Waals surface area contributed by atoms with Crippen LogP contribution in [0, 0.1) is 5.82 Å². The Labute approximate surface area is 114 Å². The number of benzene rings is 1. The lowest BCUT2D eigenvalue weighted by Crippen LogP contribution is -2.34. The van der Waals surface area contributed by atoms with Gasteiger partial charge < -0.3 is 9.64 Å². The largest absolute Gasteiger partial charge is 0.419 e. The fraction of sp³-hybridized carbons (Fsp3) is 0.462.